The maximum absolute atomic E-state index is 11.0. The van der Waals surface area contributed by atoms with Crippen LogP contribution in [0, 0.1) is 10.1 Å². The van der Waals surface area contributed by atoms with E-state index in [0.717, 1.165) is 16.2 Å². The maximum atomic E-state index is 11.0. The molecule has 0 spiro atoms. The Labute approximate surface area is 140 Å². The number of aromatic nitrogens is 3. The van der Waals surface area contributed by atoms with Gasteiger partial charge in [0.2, 0.25) is 0 Å². The number of pyridine rings is 1. The number of fused-ring (bicyclic) bond motifs is 1. The molecule has 118 valence electrons. The zero-order valence-corrected chi connectivity index (χ0v) is 13.1. The Morgan fingerprint density at radius 1 is 1.21 bits per heavy atom. The quantitative estimate of drug-likeness (QED) is 0.455. The summed E-state index contributed by atoms with van der Waals surface area (Å²) in [6.07, 6.45) is 3.62. The minimum atomic E-state index is -0.415. The van der Waals surface area contributed by atoms with Crippen LogP contribution >= 0.6 is 11.3 Å². The molecule has 4 rings (SSSR count). The Bertz CT molecular complexity index is 1070. The molecule has 0 unspecified atom stereocenters. The summed E-state index contributed by atoms with van der Waals surface area (Å²) in [5.41, 5.74) is 8.90. The summed E-state index contributed by atoms with van der Waals surface area (Å²) in [4.78, 5) is 20.2. The molecular formula is C16H11N5O2S. The van der Waals surface area contributed by atoms with Gasteiger partial charge in [-0.05, 0) is 12.1 Å². The van der Waals surface area contributed by atoms with Crippen LogP contribution in [0.5, 0.6) is 0 Å². The molecule has 0 saturated heterocycles. The van der Waals surface area contributed by atoms with Crippen molar-refractivity contribution in [3.8, 4) is 21.8 Å². The van der Waals surface area contributed by atoms with E-state index >= 15 is 0 Å². The van der Waals surface area contributed by atoms with E-state index in [1.165, 1.54) is 23.5 Å². The highest BCUT2D eigenvalue weighted by molar-refractivity contribution is 7.19. The number of nitrogens with zero attached hydrogens (tertiary/aromatic N) is 4. The number of thiazole rings is 1. The average molecular weight is 337 g/mol. The third-order valence-corrected chi connectivity index (χ3v) is 4.56. The molecule has 24 heavy (non-hydrogen) atoms. The number of nitro benzene ring substituents is 1. The van der Waals surface area contributed by atoms with Gasteiger partial charge in [-0.1, -0.05) is 29.5 Å². The molecule has 8 heteroatoms. The second-order valence-corrected chi connectivity index (χ2v) is 6.14. The number of benzene rings is 1. The van der Waals surface area contributed by atoms with Crippen molar-refractivity contribution >= 4 is 27.8 Å². The molecule has 0 atom stereocenters. The van der Waals surface area contributed by atoms with Gasteiger partial charge in [0.25, 0.3) is 5.69 Å². The van der Waals surface area contributed by atoms with Crippen molar-refractivity contribution in [1.82, 2.24) is 14.4 Å². The third-order valence-electron chi connectivity index (χ3n) is 3.62. The van der Waals surface area contributed by atoms with Gasteiger partial charge in [0.15, 0.2) is 5.13 Å². The van der Waals surface area contributed by atoms with Crippen molar-refractivity contribution < 1.29 is 4.92 Å². The number of imidazole rings is 1. The summed E-state index contributed by atoms with van der Waals surface area (Å²) in [5.74, 6) is 0. The summed E-state index contributed by atoms with van der Waals surface area (Å²) in [5, 5.41) is 11.4. The highest BCUT2D eigenvalue weighted by atomic mass is 32.1. The first-order valence-corrected chi connectivity index (χ1v) is 7.89. The van der Waals surface area contributed by atoms with E-state index in [1.807, 2.05) is 34.9 Å². The van der Waals surface area contributed by atoms with Crippen LogP contribution in [0.25, 0.3) is 27.5 Å². The lowest BCUT2D eigenvalue weighted by Crippen LogP contribution is -1.91. The number of rotatable bonds is 3. The summed E-state index contributed by atoms with van der Waals surface area (Å²) < 4.78 is 1.91. The lowest BCUT2D eigenvalue weighted by molar-refractivity contribution is -0.384. The molecule has 7 nitrogen and oxygen atoms in total. The highest BCUT2D eigenvalue weighted by Crippen LogP contribution is 2.39. The minimum Gasteiger partial charge on any atom is -0.375 e. The molecule has 0 amide bonds. The lowest BCUT2D eigenvalue weighted by Gasteiger charge is -2.03. The molecule has 0 aliphatic rings. The smallest absolute Gasteiger partial charge is 0.270 e. The number of hydrogen-bond acceptors (Lipinski definition) is 6. The summed E-state index contributed by atoms with van der Waals surface area (Å²) in [6.45, 7) is 0. The van der Waals surface area contributed by atoms with E-state index in [4.69, 9.17) is 5.73 Å². The molecule has 0 radical (unpaired) electrons. The predicted molar refractivity (Wildman–Crippen MR) is 92.8 cm³/mol. The van der Waals surface area contributed by atoms with Gasteiger partial charge in [0, 0.05) is 23.9 Å². The molecular weight excluding hydrogens is 326 g/mol. The van der Waals surface area contributed by atoms with E-state index in [0.29, 0.717) is 16.4 Å². The van der Waals surface area contributed by atoms with Gasteiger partial charge in [-0.2, -0.15) is 0 Å². The minimum absolute atomic E-state index is 0.0311. The molecule has 4 aromatic rings. The molecule has 0 saturated carbocycles. The molecule has 1 aromatic carbocycles. The van der Waals surface area contributed by atoms with Crippen molar-refractivity contribution in [1.29, 1.82) is 0 Å². The van der Waals surface area contributed by atoms with Crippen LogP contribution in [0.4, 0.5) is 10.8 Å². The van der Waals surface area contributed by atoms with Gasteiger partial charge < -0.3 is 5.73 Å². The highest BCUT2D eigenvalue weighted by Gasteiger charge is 2.18. The monoisotopic (exact) mass is 337 g/mol. The third kappa shape index (κ3) is 2.29. The van der Waals surface area contributed by atoms with Crippen LogP contribution in [-0.2, 0) is 0 Å². The molecule has 2 N–H and O–H groups in total. The second kappa shape index (κ2) is 5.43. The standard InChI is InChI=1S/C16H11N5O2S/c17-16-19-14(12-9-18-13-6-1-2-7-20(12)13)15(24-16)10-4-3-5-11(8-10)21(22)23/h1-9H,(H2,17,19). The van der Waals surface area contributed by atoms with E-state index in [-0.39, 0.29) is 5.69 Å². The number of nitro groups is 1. The van der Waals surface area contributed by atoms with Crippen molar-refractivity contribution in [3.05, 3.63) is 65.0 Å². The largest absolute Gasteiger partial charge is 0.375 e. The number of hydrogen-bond donors (Lipinski definition) is 1. The van der Waals surface area contributed by atoms with Gasteiger partial charge >= 0.3 is 0 Å². The maximum Gasteiger partial charge on any atom is 0.270 e. The Kier molecular flexibility index (Phi) is 3.24. The van der Waals surface area contributed by atoms with Crippen molar-refractivity contribution in [2.24, 2.45) is 0 Å². The summed E-state index contributed by atoms with van der Waals surface area (Å²) in [6, 6.07) is 12.2. The Morgan fingerprint density at radius 2 is 2.08 bits per heavy atom. The van der Waals surface area contributed by atoms with Crippen LogP contribution in [0.15, 0.2) is 54.9 Å². The first kappa shape index (κ1) is 14.3. The molecule has 0 bridgehead atoms. The summed E-state index contributed by atoms with van der Waals surface area (Å²) in [7, 11) is 0. The van der Waals surface area contributed by atoms with E-state index in [2.05, 4.69) is 9.97 Å². The second-order valence-electron chi connectivity index (χ2n) is 5.11. The first-order chi connectivity index (χ1) is 11.6. The fourth-order valence-corrected chi connectivity index (χ4v) is 3.41. The SMILES string of the molecule is Nc1nc(-c2cnc3ccccn23)c(-c2cccc([N+](=O)[O-])c2)s1. The molecule has 0 aliphatic heterocycles. The van der Waals surface area contributed by atoms with E-state index in [9.17, 15) is 10.1 Å². The van der Waals surface area contributed by atoms with Crippen LogP contribution < -0.4 is 5.73 Å². The van der Waals surface area contributed by atoms with Crippen LogP contribution in [0.3, 0.4) is 0 Å². The van der Waals surface area contributed by atoms with E-state index < -0.39 is 4.92 Å². The number of nitrogens with two attached hydrogens (primary N) is 1. The van der Waals surface area contributed by atoms with Gasteiger partial charge in [-0.3, -0.25) is 14.5 Å². The topological polar surface area (TPSA) is 99.3 Å². The Balaban J connectivity index is 1.93. The zero-order chi connectivity index (χ0) is 16.7. The van der Waals surface area contributed by atoms with Crippen LogP contribution in [0.2, 0.25) is 0 Å². The van der Waals surface area contributed by atoms with Crippen molar-refractivity contribution in [2.75, 3.05) is 5.73 Å². The predicted octanol–water partition coefficient (Wildman–Crippen LogP) is 3.62. The fourth-order valence-electron chi connectivity index (χ4n) is 2.57. The van der Waals surface area contributed by atoms with E-state index in [1.54, 1.807) is 12.3 Å². The fraction of sp³-hybridized carbons (Fsp3) is 0. The van der Waals surface area contributed by atoms with Gasteiger partial charge in [0.05, 0.1) is 21.7 Å². The van der Waals surface area contributed by atoms with Crippen LogP contribution in [0.1, 0.15) is 0 Å². The molecule has 3 heterocycles. The molecule has 3 aromatic heterocycles. The van der Waals surface area contributed by atoms with Crippen molar-refractivity contribution in [3.63, 3.8) is 0 Å². The Morgan fingerprint density at radius 3 is 2.92 bits per heavy atom. The lowest BCUT2D eigenvalue weighted by atomic mass is 10.1. The number of nitrogen functional groups attached to an aromatic ring is 1. The number of non-ortho nitro benzene ring substituents is 1. The summed E-state index contributed by atoms with van der Waals surface area (Å²) >= 11 is 1.30. The number of anilines is 1. The Hall–Kier alpha value is -3.26. The van der Waals surface area contributed by atoms with Crippen LogP contribution in [-0.4, -0.2) is 19.3 Å². The first-order valence-electron chi connectivity index (χ1n) is 7.07. The molecule has 0 fully saturated rings. The van der Waals surface area contributed by atoms with Gasteiger partial charge in [-0.15, -0.1) is 0 Å². The normalized spacial score (nSPS) is 11.0. The van der Waals surface area contributed by atoms with Gasteiger partial charge in [0.1, 0.15) is 11.3 Å². The van der Waals surface area contributed by atoms with Gasteiger partial charge in [-0.25, -0.2) is 9.97 Å². The average Bonchev–Trinajstić information content (AvgIpc) is 3.18. The van der Waals surface area contributed by atoms with Crippen molar-refractivity contribution in [2.45, 2.75) is 0 Å². The zero-order valence-electron chi connectivity index (χ0n) is 12.3. The molecule has 0 aliphatic carbocycles.